The Hall–Kier alpha value is -1.82. The van der Waals surface area contributed by atoms with Crippen molar-refractivity contribution in [3.63, 3.8) is 0 Å². The van der Waals surface area contributed by atoms with Crippen LogP contribution in [-0.2, 0) is 11.8 Å². The average Bonchev–Trinajstić information content (AvgIpc) is 2.97. The molecule has 1 aromatic carbocycles. The van der Waals surface area contributed by atoms with Crippen LogP contribution in [0.2, 0.25) is 0 Å². The summed E-state index contributed by atoms with van der Waals surface area (Å²) >= 11 is 1.44. The van der Waals surface area contributed by atoms with Crippen LogP contribution in [0.3, 0.4) is 0 Å². The molecule has 3 rings (SSSR count). The minimum atomic E-state index is 0.0861. The lowest BCUT2D eigenvalue weighted by molar-refractivity contribution is -0.119. The maximum absolute atomic E-state index is 12.2. The number of hydrogen-bond acceptors (Lipinski definition) is 4. The van der Waals surface area contributed by atoms with Crippen LogP contribution < -0.4 is 5.32 Å². The fourth-order valence-corrected chi connectivity index (χ4v) is 3.91. The fourth-order valence-electron chi connectivity index (χ4n) is 3.19. The van der Waals surface area contributed by atoms with Crippen LogP contribution in [0.4, 0.5) is 0 Å². The number of hydrogen-bond donors (Lipinski definition) is 1. The largest absolute Gasteiger partial charge is 0.352 e. The third-order valence-electron chi connectivity index (χ3n) is 4.66. The molecule has 128 valence electrons. The summed E-state index contributed by atoms with van der Waals surface area (Å²) < 4.78 is 1.94. The molecule has 0 radical (unpaired) electrons. The van der Waals surface area contributed by atoms with Gasteiger partial charge in [0.25, 0.3) is 0 Å². The molecule has 0 spiro atoms. The standard InChI is InChI=1S/C18H24N4OS/c1-13-8-6-7-11-15(13)19-16(23)12-24-18-21-20-17(22(18)2)14-9-4-3-5-10-14/h3-5,9-10,13,15H,6-8,11-12H2,1-2H3,(H,19,23)/t13-,15+/m1/s1. The third-order valence-corrected chi connectivity index (χ3v) is 5.68. The van der Waals surface area contributed by atoms with Crippen molar-refractivity contribution in [2.45, 2.75) is 43.8 Å². The van der Waals surface area contributed by atoms with Crippen molar-refractivity contribution in [3.05, 3.63) is 30.3 Å². The topological polar surface area (TPSA) is 59.8 Å². The number of benzene rings is 1. The van der Waals surface area contributed by atoms with Crippen molar-refractivity contribution in [1.82, 2.24) is 20.1 Å². The van der Waals surface area contributed by atoms with Crippen LogP contribution in [0, 0.1) is 5.92 Å². The highest BCUT2D eigenvalue weighted by atomic mass is 32.2. The van der Waals surface area contributed by atoms with E-state index in [0.717, 1.165) is 23.0 Å². The molecule has 1 aliphatic carbocycles. The van der Waals surface area contributed by atoms with Crippen LogP contribution in [0.1, 0.15) is 32.6 Å². The van der Waals surface area contributed by atoms with Gasteiger partial charge >= 0.3 is 0 Å². The summed E-state index contributed by atoms with van der Waals surface area (Å²) in [6, 6.07) is 10.3. The number of nitrogens with zero attached hydrogens (tertiary/aromatic N) is 3. The molecule has 0 unspecified atom stereocenters. The van der Waals surface area contributed by atoms with E-state index in [4.69, 9.17) is 0 Å². The molecule has 1 amide bonds. The lowest BCUT2D eigenvalue weighted by atomic mass is 9.86. The van der Waals surface area contributed by atoms with Gasteiger partial charge in [0.05, 0.1) is 5.75 Å². The second kappa shape index (κ2) is 7.83. The summed E-state index contributed by atoms with van der Waals surface area (Å²) in [7, 11) is 1.94. The molecule has 1 aliphatic rings. The zero-order valence-corrected chi connectivity index (χ0v) is 15.1. The maximum Gasteiger partial charge on any atom is 0.230 e. The molecule has 1 aromatic heterocycles. The van der Waals surface area contributed by atoms with Crippen molar-refractivity contribution >= 4 is 17.7 Å². The number of carbonyl (C=O) groups is 1. The molecule has 5 nitrogen and oxygen atoms in total. The van der Waals surface area contributed by atoms with E-state index in [1.165, 1.54) is 31.0 Å². The zero-order chi connectivity index (χ0) is 16.9. The quantitative estimate of drug-likeness (QED) is 0.846. The normalized spacial score (nSPS) is 20.8. The van der Waals surface area contributed by atoms with E-state index in [0.29, 0.717) is 17.7 Å². The monoisotopic (exact) mass is 344 g/mol. The van der Waals surface area contributed by atoms with Gasteiger partial charge in [0.2, 0.25) is 5.91 Å². The fraction of sp³-hybridized carbons (Fsp3) is 0.500. The molecule has 1 N–H and O–H groups in total. The molecule has 24 heavy (non-hydrogen) atoms. The van der Waals surface area contributed by atoms with Crippen LogP contribution in [0.15, 0.2) is 35.5 Å². The molecular formula is C18H24N4OS. The SMILES string of the molecule is C[C@@H]1CCCC[C@@H]1NC(=O)CSc1nnc(-c2ccccc2)n1C. The van der Waals surface area contributed by atoms with Gasteiger partial charge in [-0.2, -0.15) is 0 Å². The van der Waals surface area contributed by atoms with Gasteiger partial charge < -0.3 is 9.88 Å². The Bertz CT molecular complexity index is 686. The lowest BCUT2D eigenvalue weighted by Crippen LogP contribution is -2.41. The predicted molar refractivity (Wildman–Crippen MR) is 96.7 cm³/mol. The minimum absolute atomic E-state index is 0.0861. The number of nitrogens with one attached hydrogen (secondary N) is 1. The first-order valence-electron chi connectivity index (χ1n) is 8.52. The lowest BCUT2D eigenvalue weighted by Gasteiger charge is -2.29. The van der Waals surface area contributed by atoms with Gasteiger partial charge in [-0.1, -0.05) is 61.9 Å². The van der Waals surface area contributed by atoms with Crippen molar-refractivity contribution in [1.29, 1.82) is 0 Å². The number of carbonyl (C=O) groups excluding carboxylic acids is 1. The van der Waals surface area contributed by atoms with Crippen molar-refractivity contribution < 1.29 is 4.79 Å². The molecule has 0 aliphatic heterocycles. The molecular weight excluding hydrogens is 320 g/mol. The second-order valence-corrected chi connectivity index (χ2v) is 7.40. The summed E-state index contributed by atoms with van der Waals surface area (Å²) in [6.45, 7) is 2.23. The minimum Gasteiger partial charge on any atom is -0.352 e. The average molecular weight is 344 g/mol. The number of amides is 1. The maximum atomic E-state index is 12.2. The summed E-state index contributed by atoms with van der Waals surface area (Å²) in [4.78, 5) is 12.2. The first-order valence-corrected chi connectivity index (χ1v) is 9.50. The van der Waals surface area contributed by atoms with Gasteiger partial charge in [-0.3, -0.25) is 4.79 Å². The highest BCUT2D eigenvalue weighted by Crippen LogP contribution is 2.25. The van der Waals surface area contributed by atoms with Gasteiger partial charge in [0.1, 0.15) is 0 Å². The Morgan fingerprint density at radius 1 is 1.25 bits per heavy atom. The van der Waals surface area contributed by atoms with Gasteiger partial charge in [-0.05, 0) is 18.8 Å². The molecule has 0 saturated heterocycles. The molecule has 2 atom stereocenters. The highest BCUT2D eigenvalue weighted by Gasteiger charge is 2.23. The van der Waals surface area contributed by atoms with E-state index < -0.39 is 0 Å². The summed E-state index contributed by atoms with van der Waals surface area (Å²) in [5.41, 5.74) is 1.03. The Kier molecular flexibility index (Phi) is 5.56. The summed E-state index contributed by atoms with van der Waals surface area (Å²) in [5, 5.41) is 12.4. The van der Waals surface area contributed by atoms with Crippen LogP contribution in [0.5, 0.6) is 0 Å². The van der Waals surface area contributed by atoms with Gasteiger partial charge in [-0.15, -0.1) is 10.2 Å². The van der Waals surface area contributed by atoms with E-state index in [-0.39, 0.29) is 5.91 Å². The summed E-state index contributed by atoms with van der Waals surface area (Å²) in [6.07, 6.45) is 4.80. The second-order valence-electron chi connectivity index (χ2n) is 6.46. The Morgan fingerprint density at radius 2 is 2.00 bits per heavy atom. The van der Waals surface area contributed by atoms with Crippen LogP contribution in [-0.4, -0.2) is 32.5 Å². The molecule has 1 heterocycles. The van der Waals surface area contributed by atoms with Crippen molar-refractivity contribution in [2.24, 2.45) is 13.0 Å². The number of aromatic nitrogens is 3. The Balaban J connectivity index is 1.57. The first-order chi connectivity index (χ1) is 11.6. The van der Waals surface area contributed by atoms with E-state index in [2.05, 4.69) is 22.4 Å². The molecule has 1 fully saturated rings. The predicted octanol–water partition coefficient (Wildman–Crippen LogP) is 3.27. The smallest absolute Gasteiger partial charge is 0.230 e. The van der Waals surface area contributed by atoms with E-state index >= 15 is 0 Å². The Labute approximate surface area is 147 Å². The molecule has 1 saturated carbocycles. The highest BCUT2D eigenvalue weighted by molar-refractivity contribution is 7.99. The molecule has 2 aromatic rings. The zero-order valence-electron chi connectivity index (χ0n) is 14.2. The van der Waals surface area contributed by atoms with Crippen molar-refractivity contribution in [3.8, 4) is 11.4 Å². The van der Waals surface area contributed by atoms with Gasteiger partial charge in [-0.25, -0.2) is 0 Å². The first kappa shape index (κ1) is 17.0. The Morgan fingerprint density at radius 3 is 2.75 bits per heavy atom. The van der Waals surface area contributed by atoms with Crippen LogP contribution in [0.25, 0.3) is 11.4 Å². The summed E-state index contributed by atoms with van der Waals surface area (Å²) in [5.74, 6) is 1.86. The van der Waals surface area contributed by atoms with E-state index in [1.54, 1.807) is 0 Å². The van der Waals surface area contributed by atoms with Gasteiger partial charge in [0.15, 0.2) is 11.0 Å². The van der Waals surface area contributed by atoms with E-state index in [9.17, 15) is 4.79 Å². The van der Waals surface area contributed by atoms with Gasteiger partial charge in [0, 0.05) is 18.7 Å². The number of rotatable bonds is 5. The number of thioether (sulfide) groups is 1. The van der Waals surface area contributed by atoms with Crippen LogP contribution >= 0.6 is 11.8 Å². The molecule has 6 heteroatoms. The van der Waals surface area contributed by atoms with Crippen molar-refractivity contribution in [2.75, 3.05) is 5.75 Å². The van der Waals surface area contributed by atoms with E-state index in [1.807, 2.05) is 41.9 Å². The molecule has 0 bridgehead atoms. The third kappa shape index (κ3) is 3.98.